The van der Waals surface area contributed by atoms with E-state index in [2.05, 4.69) is 10.4 Å². The van der Waals surface area contributed by atoms with Gasteiger partial charge in [-0.05, 0) is 39.8 Å². The summed E-state index contributed by atoms with van der Waals surface area (Å²) in [6, 6.07) is 9.69. The number of ether oxygens (including phenoxy) is 2. The highest BCUT2D eigenvalue weighted by atomic mass is 16.6. The molecule has 140 valence electrons. The Morgan fingerprint density at radius 1 is 1.23 bits per heavy atom. The molecule has 3 rings (SSSR count). The topological polar surface area (TPSA) is 91.4 Å². The fourth-order valence-electron chi connectivity index (χ4n) is 2.72. The molecule has 1 heterocycles. The van der Waals surface area contributed by atoms with Crippen LogP contribution in [0.5, 0.6) is 5.88 Å². The average Bonchev–Trinajstić information content (AvgIpc) is 2.80. The van der Waals surface area contributed by atoms with Crippen molar-refractivity contribution in [1.82, 2.24) is 15.1 Å². The number of hydrogen-bond acceptors (Lipinski definition) is 5. The smallest absolute Gasteiger partial charge is 0.407 e. The average molecular weight is 358 g/mol. The summed E-state index contributed by atoms with van der Waals surface area (Å²) < 4.78 is 13.0. The van der Waals surface area contributed by atoms with Crippen molar-refractivity contribution >= 4 is 11.9 Å². The van der Waals surface area contributed by atoms with Crippen molar-refractivity contribution in [2.24, 2.45) is 0 Å². The molecule has 7 heteroatoms. The van der Waals surface area contributed by atoms with Gasteiger partial charge in [-0.25, -0.2) is 9.48 Å². The second-order valence-electron chi connectivity index (χ2n) is 7.68. The number of aromatic nitrogens is 2. The summed E-state index contributed by atoms with van der Waals surface area (Å²) >= 11 is 0. The van der Waals surface area contributed by atoms with Gasteiger partial charge in [-0.1, -0.05) is 18.2 Å². The fraction of sp³-hybridized carbons (Fsp3) is 0.474. The van der Waals surface area contributed by atoms with Crippen LogP contribution < -0.4 is 15.8 Å². The minimum Gasteiger partial charge on any atom is -0.473 e. The van der Waals surface area contributed by atoms with E-state index in [9.17, 15) is 4.79 Å². The Morgan fingerprint density at radius 2 is 1.88 bits per heavy atom. The molecule has 1 fully saturated rings. The number of nitrogen functional groups attached to an aromatic ring is 1. The van der Waals surface area contributed by atoms with Crippen molar-refractivity contribution < 1.29 is 14.3 Å². The van der Waals surface area contributed by atoms with E-state index in [1.54, 1.807) is 4.68 Å². The van der Waals surface area contributed by atoms with Gasteiger partial charge in [-0.3, -0.25) is 0 Å². The zero-order chi connectivity index (χ0) is 18.9. The standard InChI is InChI=1S/C19H26N4O3/c1-12-16(20)23(13-8-6-5-7-9-13)22-17(12)25-14-10-15(11-14)26-18(24)21-19(2,3)4/h5-9,14-15H,10-11,20H2,1-4H3,(H,21,24). The van der Waals surface area contributed by atoms with E-state index >= 15 is 0 Å². The second kappa shape index (κ2) is 6.90. The van der Waals surface area contributed by atoms with Crippen LogP contribution in [0.2, 0.25) is 0 Å². The molecule has 1 aliphatic carbocycles. The van der Waals surface area contributed by atoms with Crippen molar-refractivity contribution in [3.63, 3.8) is 0 Å². The fourth-order valence-corrected chi connectivity index (χ4v) is 2.72. The summed E-state index contributed by atoms with van der Waals surface area (Å²) in [5, 5.41) is 7.27. The van der Waals surface area contributed by atoms with Crippen molar-refractivity contribution in [2.45, 2.75) is 58.3 Å². The van der Waals surface area contributed by atoms with Crippen LogP contribution in [0, 0.1) is 6.92 Å². The number of alkyl carbamates (subject to hydrolysis) is 1. The van der Waals surface area contributed by atoms with Crippen molar-refractivity contribution in [3.8, 4) is 11.6 Å². The first-order valence-electron chi connectivity index (χ1n) is 8.79. The minimum absolute atomic E-state index is 0.0281. The molecule has 0 atom stereocenters. The number of nitrogens with zero attached hydrogens (tertiary/aromatic N) is 2. The summed E-state index contributed by atoms with van der Waals surface area (Å²) in [7, 11) is 0. The SMILES string of the molecule is Cc1c(OC2CC(OC(=O)NC(C)(C)C)C2)nn(-c2ccccc2)c1N. The molecule has 1 saturated carbocycles. The predicted octanol–water partition coefficient (Wildman–Crippen LogP) is 3.20. The number of carbonyl (C=O) groups excluding carboxylic acids is 1. The van der Waals surface area contributed by atoms with Crippen LogP contribution in [-0.4, -0.2) is 33.6 Å². The molecule has 0 unspecified atom stereocenters. The Bertz CT molecular complexity index is 774. The first-order valence-corrected chi connectivity index (χ1v) is 8.79. The molecular weight excluding hydrogens is 332 g/mol. The lowest BCUT2D eigenvalue weighted by Crippen LogP contribution is -2.46. The maximum Gasteiger partial charge on any atom is 0.407 e. The first-order chi connectivity index (χ1) is 12.2. The number of nitrogens with two attached hydrogens (primary N) is 1. The molecule has 0 bridgehead atoms. The van der Waals surface area contributed by atoms with Gasteiger partial charge in [0.2, 0.25) is 5.88 Å². The molecule has 3 N–H and O–H groups in total. The molecule has 2 aromatic rings. The number of benzene rings is 1. The van der Waals surface area contributed by atoms with Crippen molar-refractivity contribution in [2.75, 3.05) is 5.73 Å². The van der Waals surface area contributed by atoms with E-state index in [0.29, 0.717) is 24.5 Å². The molecule has 1 amide bonds. The summed E-state index contributed by atoms with van der Waals surface area (Å²) in [5.41, 5.74) is 7.55. The number of rotatable bonds is 4. The molecule has 0 saturated heterocycles. The van der Waals surface area contributed by atoms with E-state index in [1.807, 2.05) is 58.0 Å². The molecule has 0 spiro atoms. The largest absolute Gasteiger partial charge is 0.473 e. The van der Waals surface area contributed by atoms with Gasteiger partial charge in [0.1, 0.15) is 18.0 Å². The third-order valence-corrected chi connectivity index (χ3v) is 4.21. The van der Waals surface area contributed by atoms with E-state index in [-0.39, 0.29) is 17.7 Å². The maximum atomic E-state index is 11.8. The van der Waals surface area contributed by atoms with Crippen molar-refractivity contribution in [3.05, 3.63) is 35.9 Å². The van der Waals surface area contributed by atoms with E-state index in [1.165, 1.54) is 0 Å². The lowest BCUT2D eigenvalue weighted by molar-refractivity contribution is -0.0263. The number of amides is 1. The molecule has 0 aliphatic heterocycles. The highest BCUT2D eigenvalue weighted by Crippen LogP contribution is 2.32. The number of para-hydroxylation sites is 1. The van der Waals surface area contributed by atoms with Gasteiger partial charge in [0.25, 0.3) is 0 Å². The van der Waals surface area contributed by atoms with Crippen LogP contribution in [0.4, 0.5) is 10.6 Å². The van der Waals surface area contributed by atoms with Crippen molar-refractivity contribution in [1.29, 1.82) is 0 Å². The van der Waals surface area contributed by atoms with Gasteiger partial charge in [0.15, 0.2) is 0 Å². The highest BCUT2D eigenvalue weighted by molar-refractivity contribution is 5.68. The van der Waals surface area contributed by atoms with Crippen LogP contribution in [-0.2, 0) is 4.74 Å². The summed E-state index contributed by atoms with van der Waals surface area (Å²) in [5.74, 6) is 1.08. The molecule has 1 aromatic heterocycles. The summed E-state index contributed by atoms with van der Waals surface area (Å²) in [6.45, 7) is 7.63. The molecule has 7 nitrogen and oxygen atoms in total. The van der Waals surface area contributed by atoms with Gasteiger partial charge in [0.05, 0.1) is 11.3 Å². The minimum atomic E-state index is -0.394. The van der Waals surface area contributed by atoms with Crippen LogP contribution in [0.3, 0.4) is 0 Å². The Morgan fingerprint density at radius 3 is 2.50 bits per heavy atom. The van der Waals surface area contributed by atoms with Gasteiger partial charge < -0.3 is 20.5 Å². The molecule has 1 aliphatic rings. The van der Waals surface area contributed by atoms with E-state index < -0.39 is 6.09 Å². The number of anilines is 1. The van der Waals surface area contributed by atoms with Gasteiger partial charge >= 0.3 is 6.09 Å². The van der Waals surface area contributed by atoms with E-state index in [4.69, 9.17) is 15.2 Å². The normalized spacial score (nSPS) is 19.5. The first kappa shape index (κ1) is 18.1. The predicted molar refractivity (Wildman–Crippen MR) is 99.5 cm³/mol. The van der Waals surface area contributed by atoms with Gasteiger partial charge in [-0.2, -0.15) is 0 Å². The lowest BCUT2D eigenvalue weighted by Gasteiger charge is -2.34. The van der Waals surface area contributed by atoms with Crippen LogP contribution >= 0.6 is 0 Å². The molecule has 0 radical (unpaired) electrons. The molecule has 26 heavy (non-hydrogen) atoms. The van der Waals surface area contributed by atoms with E-state index in [0.717, 1.165) is 11.3 Å². The number of hydrogen-bond donors (Lipinski definition) is 2. The zero-order valence-corrected chi connectivity index (χ0v) is 15.7. The maximum absolute atomic E-state index is 11.8. The van der Waals surface area contributed by atoms with Crippen LogP contribution in [0.25, 0.3) is 5.69 Å². The third kappa shape index (κ3) is 4.09. The van der Waals surface area contributed by atoms with Crippen LogP contribution in [0.15, 0.2) is 30.3 Å². The zero-order valence-electron chi connectivity index (χ0n) is 15.7. The Kier molecular flexibility index (Phi) is 4.80. The molecular formula is C19H26N4O3. The Balaban J connectivity index is 1.56. The Labute approximate surface area is 153 Å². The lowest BCUT2D eigenvalue weighted by atomic mass is 9.92. The highest BCUT2D eigenvalue weighted by Gasteiger charge is 2.35. The molecule has 1 aromatic carbocycles. The Hall–Kier alpha value is -2.70. The number of nitrogens with one attached hydrogen (secondary N) is 1. The summed E-state index contributed by atoms with van der Waals surface area (Å²) in [4.78, 5) is 11.8. The number of carbonyl (C=O) groups is 1. The van der Waals surface area contributed by atoms with Gasteiger partial charge in [-0.15, -0.1) is 5.10 Å². The third-order valence-electron chi connectivity index (χ3n) is 4.21. The summed E-state index contributed by atoms with van der Waals surface area (Å²) in [6.07, 6.45) is 0.745. The second-order valence-corrected chi connectivity index (χ2v) is 7.68. The van der Waals surface area contributed by atoms with Crippen LogP contribution in [0.1, 0.15) is 39.2 Å². The quantitative estimate of drug-likeness (QED) is 0.876. The van der Waals surface area contributed by atoms with Gasteiger partial charge in [0, 0.05) is 18.4 Å². The monoisotopic (exact) mass is 358 g/mol.